The van der Waals surface area contributed by atoms with Crippen molar-refractivity contribution in [3.05, 3.63) is 58.6 Å². The number of nitrogens with one attached hydrogen (secondary N) is 1. The zero-order valence-corrected chi connectivity index (χ0v) is 13.0. The van der Waals surface area contributed by atoms with Gasteiger partial charge in [-0.05, 0) is 23.6 Å². The van der Waals surface area contributed by atoms with Crippen LogP contribution in [0.3, 0.4) is 0 Å². The summed E-state index contributed by atoms with van der Waals surface area (Å²) in [5.41, 5.74) is 2.17. The van der Waals surface area contributed by atoms with E-state index in [1.807, 2.05) is 32.0 Å². The van der Waals surface area contributed by atoms with Crippen LogP contribution in [0.2, 0.25) is 0 Å². The molecule has 0 spiro atoms. The number of amides is 1. The van der Waals surface area contributed by atoms with Gasteiger partial charge in [0.2, 0.25) is 6.79 Å². The molecule has 23 heavy (non-hydrogen) atoms. The van der Waals surface area contributed by atoms with Crippen LogP contribution in [0.15, 0.2) is 36.7 Å². The summed E-state index contributed by atoms with van der Waals surface area (Å²) in [5, 5.41) is 14.3. The Morgan fingerprint density at radius 3 is 2.87 bits per heavy atom. The van der Waals surface area contributed by atoms with Gasteiger partial charge in [-0.1, -0.05) is 19.9 Å². The molecule has 0 radical (unpaired) electrons. The van der Waals surface area contributed by atoms with Gasteiger partial charge in [0.05, 0.1) is 5.56 Å². The predicted molar refractivity (Wildman–Crippen MR) is 83.2 cm³/mol. The number of hydrogen-bond acceptors (Lipinski definition) is 4. The van der Waals surface area contributed by atoms with Crippen LogP contribution in [-0.4, -0.2) is 12.7 Å². The highest BCUT2D eigenvalue weighted by Crippen LogP contribution is 2.32. The number of benzene rings is 1. The van der Waals surface area contributed by atoms with Crippen molar-refractivity contribution >= 4 is 5.91 Å². The Morgan fingerprint density at radius 1 is 1.30 bits per heavy atom. The molecule has 1 aliphatic rings. The van der Waals surface area contributed by atoms with Crippen molar-refractivity contribution in [2.45, 2.75) is 26.3 Å². The normalized spacial score (nSPS) is 12.5. The predicted octanol–water partition coefficient (Wildman–Crippen LogP) is 2.10. The van der Waals surface area contributed by atoms with E-state index in [9.17, 15) is 10.0 Å². The van der Waals surface area contributed by atoms with Crippen molar-refractivity contribution < 1.29 is 19.0 Å². The minimum Gasteiger partial charge on any atom is -0.619 e. The summed E-state index contributed by atoms with van der Waals surface area (Å²) < 4.78 is 11.3. The average Bonchev–Trinajstić information content (AvgIpc) is 3.00. The minimum atomic E-state index is -0.202. The van der Waals surface area contributed by atoms with Gasteiger partial charge in [0.25, 0.3) is 5.91 Å². The van der Waals surface area contributed by atoms with Gasteiger partial charge < -0.3 is 20.0 Å². The summed E-state index contributed by atoms with van der Waals surface area (Å²) >= 11 is 0. The van der Waals surface area contributed by atoms with E-state index in [0.717, 1.165) is 11.1 Å². The fraction of sp³-hybridized carbons (Fsp3) is 0.294. The number of rotatable bonds is 4. The van der Waals surface area contributed by atoms with Crippen LogP contribution >= 0.6 is 0 Å². The van der Waals surface area contributed by atoms with Gasteiger partial charge in [-0.25, -0.2) is 0 Å². The Morgan fingerprint density at radius 2 is 2.09 bits per heavy atom. The average molecular weight is 314 g/mol. The molecule has 1 aliphatic heterocycles. The third kappa shape index (κ3) is 3.21. The van der Waals surface area contributed by atoms with E-state index >= 15 is 0 Å². The second kappa shape index (κ2) is 6.16. The van der Waals surface area contributed by atoms with Gasteiger partial charge in [0.15, 0.2) is 23.9 Å². The molecule has 0 fully saturated rings. The molecule has 0 saturated carbocycles. The quantitative estimate of drug-likeness (QED) is 0.693. The minimum absolute atomic E-state index is 0.0858. The molecule has 0 bridgehead atoms. The Labute approximate surface area is 134 Å². The largest absolute Gasteiger partial charge is 0.619 e. The summed E-state index contributed by atoms with van der Waals surface area (Å²) in [5.74, 6) is 1.28. The molecule has 0 aliphatic carbocycles. The van der Waals surface area contributed by atoms with Crippen LogP contribution in [0.25, 0.3) is 0 Å². The van der Waals surface area contributed by atoms with Crippen molar-refractivity contribution in [2.24, 2.45) is 0 Å². The smallest absolute Gasteiger partial charge is 0.252 e. The van der Waals surface area contributed by atoms with Gasteiger partial charge >= 0.3 is 0 Å². The highest BCUT2D eigenvalue weighted by molar-refractivity contribution is 5.95. The molecule has 120 valence electrons. The van der Waals surface area contributed by atoms with Crippen LogP contribution in [0, 0.1) is 5.21 Å². The van der Waals surface area contributed by atoms with Crippen LogP contribution in [0.1, 0.15) is 41.3 Å². The first kappa shape index (κ1) is 15.1. The standard InChI is InChI=1S/C17H18N2O4/c1-11(2)14-9-19(21)6-5-13(14)17(20)18-8-12-3-4-15-16(7-12)23-10-22-15/h3-7,9,11H,8,10H2,1-2H3,(H,18,20). The van der Waals surface area contributed by atoms with E-state index in [4.69, 9.17) is 9.47 Å². The maximum atomic E-state index is 12.4. The summed E-state index contributed by atoms with van der Waals surface area (Å²) in [7, 11) is 0. The first-order valence-electron chi connectivity index (χ1n) is 7.44. The molecule has 2 heterocycles. The van der Waals surface area contributed by atoms with Gasteiger partial charge in [-0.2, -0.15) is 4.73 Å². The second-order valence-corrected chi connectivity index (χ2v) is 5.70. The molecule has 1 amide bonds. The molecule has 3 rings (SSSR count). The van der Waals surface area contributed by atoms with Crippen LogP contribution in [-0.2, 0) is 6.54 Å². The van der Waals surface area contributed by atoms with E-state index < -0.39 is 0 Å². The number of carbonyl (C=O) groups excluding carboxylic acids is 1. The number of hydrogen-bond donors (Lipinski definition) is 1. The van der Waals surface area contributed by atoms with Gasteiger partial charge in [0.1, 0.15) is 0 Å². The van der Waals surface area contributed by atoms with Crippen molar-refractivity contribution in [1.82, 2.24) is 5.32 Å². The highest BCUT2D eigenvalue weighted by atomic mass is 16.7. The van der Waals surface area contributed by atoms with Gasteiger partial charge in [-0.3, -0.25) is 4.79 Å². The Hall–Kier alpha value is -2.76. The third-order valence-corrected chi connectivity index (χ3v) is 3.72. The Balaban J connectivity index is 1.72. The molecule has 1 aromatic carbocycles. The Bertz CT molecular complexity index is 743. The number of carbonyl (C=O) groups is 1. The van der Waals surface area contributed by atoms with E-state index in [1.54, 1.807) is 6.07 Å². The molecule has 6 heteroatoms. The SMILES string of the molecule is CC(C)c1c[n+]([O-])ccc1C(=O)NCc1ccc2c(c1)OCO2. The lowest BCUT2D eigenvalue weighted by atomic mass is 9.99. The van der Waals surface area contributed by atoms with Crippen molar-refractivity contribution in [1.29, 1.82) is 0 Å². The number of nitrogens with zero attached hydrogens (tertiary/aromatic N) is 1. The van der Waals surface area contributed by atoms with Gasteiger partial charge in [0, 0.05) is 18.2 Å². The number of fused-ring (bicyclic) bond motifs is 1. The molecule has 1 aromatic heterocycles. The van der Waals surface area contributed by atoms with Crippen molar-refractivity contribution in [3.8, 4) is 11.5 Å². The maximum absolute atomic E-state index is 12.4. The molecule has 1 N–H and O–H groups in total. The van der Waals surface area contributed by atoms with Crippen molar-refractivity contribution in [3.63, 3.8) is 0 Å². The molecule has 0 saturated heterocycles. The molecular weight excluding hydrogens is 296 g/mol. The Kier molecular flexibility index (Phi) is 4.06. The van der Waals surface area contributed by atoms with E-state index in [0.29, 0.717) is 28.3 Å². The number of pyridine rings is 1. The second-order valence-electron chi connectivity index (χ2n) is 5.70. The lowest BCUT2D eigenvalue weighted by molar-refractivity contribution is -0.605. The fourth-order valence-corrected chi connectivity index (χ4v) is 2.49. The van der Waals surface area contributed by atoms with E-state index in [-0.39, 0.29) is 18.6 Å². The number of aromatic nitrogens is 1. The molecule has 6 nitrogen and oxygen atoms in total. The topological polar surface area (TPSA) is 74.5 Å². The van der Waals surface area contributed by atoms with E-state index in [2.05, 4.69) is 5.32 Å². The highest BCUT2D eigenvalue weighted by Gasteiger charge is 2.17. The van der Waals surface area contributed by atoms with Crippen molar-refractivity contribution in [2.75, 3.05) is 6.79 Å². The summed E-state index contributed by atoms with van der Waals surface area (Å²) in [6, 6.07) is 7.11. The lowest BCUT2D eigenvalue weighted by Crippen LogP contribution is -2.30. The third-order valence-electron chi connectivity index (χ3n) is 3.72. The molecule has 0 unspecified atom stereocenters. The zero-order chi connectivity index (χ0) is 16.4. The first-order valence-corrected chi connectivity index (χ1v) is 7.44. The zero-order valence-electron chi connectivity index (χ0n) is 13.0. The monoisotopic (exact) mass is 314 g/mol. The van der Waals surface area contributed by atoms with Crippen LogP contribution in [0.5, 0.6) is 11.5 Å². The molecule has 0 atom stereocenters. The summed E-state index contributed by atoms with van der Waals surface area (Å²) in [6.07, 6.45) is 2.78. The molecular formula is C17H18N2O4. The van der Waals surface area contributed by atoms with Crippen LogP contribution in [0.4, 0.5) is 0 Å². The fourth-order valence-electron chi connectivity index (χ4n) is 2.49. The van der Waals surface area contributed by atoms with Gasteiger partial charge in [-0.15, -0.1) is 0 Å². The number of ether oxygens (including phenoxy) is 2. The summed E-state index contributed by atoms with van der Waals surface area (Å²) in [4.78, 5) is 12.4. The lowest BCUT2D eigenvalue weighted by Gasteiger charge is -2.12. The first-order chi connectivity index (χ1) is 11.0. The van der Waals surface area contributed by atoms with Crippen LogP contribution < -0.4 is 19.5 Å². The summed E-state index contributed by atoms with van der Waals surface area (Å²) in [6.45, 7) is 4.50. The maximum Gasteiger partial charge on any atom is 0.252 e. The molecule has 2 aromatic rings. The van der Waals surface area contributed by atoms with E-state index in [1.165, 1.54) is 12.4 Å².